The summed E-state index contributed by atoms with van der Waals surface area (Å²) in [5.74, 6) is 4.76. The second-order valence-electron chi connectivity index (χ2n) is 2.59. The first-order valence-electron chi connectivity index (χ1n) is 3.62. The Balaban J connectivity index is 2.67. The van der Waals surface area contributed by atoms with E-state index >= 15 is 0 Å². The molecule has 3 N–H and O–H groups in total. The van der Waals surface area contributed by atoms with Crippen molar-refractivity contribution in [2.75, 3.05) is 5.32 Å². The molecule has 0 radical (unpaired) electrons. The Morgan fingerprint density at radius 1 is 1.46 bits per heavy atom. The number of fused-ring (bicyclic) bond motifs is 1. The van der Waals surface area contributed by atoms with Gasteiger partial charge in [-0.2, -0.15) is 5.10 Å². The average molecular weight is 196 g/mol. The van der Waals surface area contributed by atoms with Crippen molar-refractivity contribution in [1.82, 2.24) is 0 Å². The van der Waals surface area contributed by atoms with Crippen molar-refractivity contribution >= 4 is 28.9 Å². The molecule has 0 fully saturated rings. The number of para-hydroxylation sites is 1. The van der Waals surface area contributed by atoms with Gasteiger partial charge in [-0.05, 0) is 6.07 Å². The van der Waals surface area contributed by atoms with Crippen LogP contribution >= 0.6 is 11.6 Å². The van der Waals surface area contributed by atoms with Gasteiger partial charge >= 0.3 is 0 Å². The van der Waals surface area contributed by atoms with Crippen LogP contribution < -0.4 is 11.2 Å². The summed E-state index contributed by atoms with van der Waals surface area (Å²) in [6.45, 7) is 0. The van der Waals surface area contributed by atoms with E-state index in [4.69, 9.17) is 17.4 Å². The van der Waals surface area contributed by atoms with Gasteiger partial charge in [0.15, 0.2) is 5.71 Å². The van der Waals surface area contributed by atoms with Gasteiger partial charge in [0.2, 0.25) is 0 Å². The van der Waals surface area contributed by atoms with Crippen LogP contribution in [-0.2, 0) is 4.79 Å². The number of anilines is 1. The first-order chi connectivity index (χ1) is 6.24. The zero-order valence-electron chi connectivity index (χ0n) is 6.54. The summed E-state index contributed by atoms with van der Waals surface area (Å²) in [5.41, 5.74) is 1.45. The number of nitrogens with two attached hydrogens (primary N) is 1. The molecule has 1 aliphatic heterocycles. The molecule has 1 amide bonds. The highest BCUT2D eigenvalue weighted by Gasteiger charge is 2.27. The Hall–Kier alpha value is -1.55. The summed E-state index contributed by atoms with van der Waals surface area (Å²) in [6.07, 6.45) is 0. The molecule has 0 aliphatic carbocycles. The molecule has 1 heterocycles. The lowest BCUT2D eigenvalue weighted by atomic mass is 10.1. The Morgan fingerprint density at radius 3 is 2.92 bits per heavy atom. The maximum absolute atomic E-state index is 11.2. The maximum Gasteiger partial charge on any atom is 0.276 e. The van der Waals surface area contributed by atoms with E-state index < -0.39 is 0 Å². The van der Waals surface area contributed by atoms with E-state index in [0.717, 1.165) is 0 Å². The number of carbonyl (C=O) groups is 1. The van der Waals surface area contributed by atoms with E-state index in [-0.39, 0.29) is 11.6 Å². The Labute approximate surface area is 79.4 Å². The molecule has 13 heavy (non-hydrogen) atoms. The number of nitrogens with one attached hydrogen (secondary N) is 1. The minimum atomic E-state index is -0.314. The molecular formula is C8H6ClN3O. The predicted octanol–water partition coefficient (Wildman–Crippen LogP) is 0.955. The zero-order chi connectivity index (χ0) is 9.42. The second kappa shape index (κ2) is 2.74. The number of hydrazone groups is 1. The predicted molar refractivity (Wildman–Crippen MR) is 50.8 cm³/mol. The molecule has 0 aromatic heterocycles. The summed E-state index contributed by atoms with van der Waals surface area (Å²) in [4.78, 5) is 11.2. The van der Waals surface area contributed by atoms with Gasteiger partial charge in [0.25, 0.3) is 5.91 Å². The lowest BCUT2D eigenvalue weighted by Gasteiger charge is -1.98. The molecule has 5 heteroatoms. The minimum Gasteiger partial charge on any atom is -0.322 e. The Bertz CT molecular complexity index is 414. The lowest BCUT2D eigenvalue weighted by Crippen LogP contribution is -2.15. The van der Waals surface area contributed by atoms with Crippen molar-refractivity contribution in [3.63, 3.8) is 0 Å². The van der Waals surface area contributed by atoms with Crippen LogP contribution in [0.1, 0.15) is 5.56 Å². The third kappa shape index (κ3) is 1.07. The van der Waals surface area contributed by atoms with Crippen LogP contribution in [0.5, 0.6) is 0 Å². The second-order valence-corrected chi connectivity index (χ2v) is 3.00. The summed E-state index contributed by atoms with van der Waals surface area (Å²) in [5, 5.41) is 6.47. The molecule has 66 valence electrons. The molecule has 2 rings (SSSR count). The number of hydrogen-bond acceptors (Lipinski definition) is 3. The van der Waals surface area contributed by atoms with E-state index in [2.05, 4.69) is 10.4 Å². The van der Waals surface area contributed by atoms with E-state index in [9.17, 15) is 4.79 Å². The van der Waals surface area contributed by atoms with Crippen LogP contribution in [-0.4, -0.2) is 11.6 Å². The van der Waals surface area contributed by atoms with Crippen molar-refractivity contribution in [2.45, 2.75) is 0 Å². The van der Waals surface area contributed by atoms with Crippen molar-refractivity contribution in [3.05, 3.63) is 28.8 Å². The van der Waals surface area contributed by atoms with E-state index in [0.29, 0.717) is 16.3 Å². The van der Waals surface area contributed by atoms with Gasteiger partial charge in [0.1, 0.15) is 0 Å². The highest BCUT2D eigenvalue weighted by atomic mass is 35.5. The summed E-state index contributed by atoms with van der Waals surface area (Å²) in [6, 6.07) is 5.18. The van der Waals surface area contributed by atoms with Crippen LogP contribution in [0.2, 0.25) is 5.02 Å². The molecule has 1 aliphatic rings. The van der Waals surface area contributed by atoms with E-state index in [1.165, 1.54) is 0 Å². The molecule has 0 saturated carbocycles. The highest BCUT2D eigenvalue weighted by molar-refractivity contribution is 6.55. The Kier molecular flexibility index (Phi) is 1.70. The topological polar surface area (TPSA) is 67.5 Å². The smallest absolute Gasteiger partial charge is 0.276 e. The van der Waals surface area contributed by atoms with Gasteiger partial charge in [-0.3, -0.25) is 4.79 Å². The highest BCUT2D eigenvalue weighted by Crippen LogP contribution is 2.30. The number of rotatable bonds is 0. The van der Waals surface area contributed by atoms with Crippen molar-refractivity contribution in [2.24, 2.45) is 10.9 Å². The monoisotopic (exact) mass is 195 g/mol. The van der Waals surface area contributed by atoms with Crippen LogP contribution in [0.4, 0.5) is 5.69 Å². The van der Waals surface area contributed by atoms with Crippen molar-refractivity contribution < 1.29 is 4.79 Å². The molecule has 0 spiro atoms. The van der Waals surface area contributed by atoms with Gasteiger partial charge in [0.05, 0.1) is 10.7 Å². The first-order valence-corrected chi connectivity index (χ1v) is 4.00. The maximum atomic E-state index is 11.2. The largest absolute Gasteiger partial charge is 0.322 e. The molecule has 0 saturated heterocycles. The van der Waals surface area contributed by atoms with Crippen LogP contribution in [0.25, 0.3) is 0 Å². The molecule has 0 bridgehead atoms. The zero-order valence-corrected chi connectivity index (χ0v) is 7.30. The molecular weight excluding hydrogens is 190 g/mol. The number of carbonyl (C=O) groups excluding carboxylic acids is 1. The SMILES string of the molecule is NN=C1C(=O)Nc2c(Cl)cccc21. The number of halogens is 1. The van der Waals surface area contributed by atoms with Gasteiger partial charge in [0, 0.05) is 5.56 Å². The third-order valence-electron chi connectivity index (χ3n) is 1.85. The molecule has 1 aromatic carbocycles. The number of amides is 1. The fourth-order valence-corrected chi connectivity index (χ4v) is 1.49. The fraction of sp³-hybridized carbons (Fsp3) is 0. The van der Waals surface area contributed by atoms with Gasteiger partial charge in [-0.1, -0.05) is 23.7 Å². The quantitative estimate of drug-likeness (QED) is 0.478. The minimum absolute atomic E-state index is 0.220. The van der Waals surface area contributed by atoms with Crippen LogP contribution in [0.15, 0.2) is 23.3 Å². The number of benzene rings is 1. The van der Waals surface area contributed by atoms with Gasteiger partial charge in [-0.25, -0.2) is 0 Å². The lowest BCUT2D eigenvalue weighted by molar-refractivity contribution is -0.110. The number of hydrogen-bond donors (Lipinski definition) is 2. The van der Waals surface area contributed by atoms with E-state index in [1.807, 2.05) is 0 Å². The first kappa shape index (κ1) is 8.07. The van der Waals surface area contributed by atoms with Crippen LogP contribution in [0, 0.1) is 0 Å². The Morgan fingerprint density at radius 2 is 2.23 bits per heavy atom. The standard InChI is InChI=1S/C8H6ClN3O/c9-5-3-1-2-4-6(5)11-8(13)7(4)12-10/h1-3H,10H2,(H,11,12,13). The summed E-state index contributed by atoms with van der Waals surface area (Å²) < 4.78 is 0. The average Bonchev–Trinajstić information content (AvgIpc) is 2.43. The molecule has 4 nitrogen and oxygen atoms in total. The molecule has 0 atom stereocenters. The van der Waals surface area contributed by atoms with Crippen molar-refractivity contribution in [3.8, 4) is 0 Å². The van der Waals surface area contributed by atoms with E-state index in [1.54, 1.807) is 18.2 Å². The van der Waals surface area contributed by atoms with Crippen LogP contribution in [0.3, 0.4) is 0 Å². The number of nitrogens with zero attached hydrogens (tertiary/aromatic N) is 1. The summed E-state index contributed by atoms with van der Waals surface area (Å²) in [7, 11) is 0. The van der Waals surface area contributed by atoms with Gasteiger partial charge < -0.3 is 11.2 Å². The third-order valence-corrected chi connectivity index (χ3v) is 2.17. The fourth-order valence-electron chi connectivity index (χ4n) is 1.27. The summed E-state index contributed by atoms with van der Waals surface area (Å²) >= 11 is 5.85. The van der Waals surface area contributed by atoms with Crippen molar-refractivity contribution in [1.29, 1.82) is 0 Å². The molecule has 1 aromatic rings. The van der Waals surface area contributed by atoms with Gasteiger partial charge in [-0.15, -0.1) is 0 Å². The molecule has 0 unspecified atom stereocenters. The normalized spacial score (nSPS) is 17.3.